The summed E-state index contributed by atoms with van der Waals surface area (Å²) in [5.41, 5.74) is 1.91. The van der Waals surface area contributed by atoms with E-state index in [9.17, 15) is 4.39 Å². The standard InChI is InChI=1S/C15H20FN3O/c1-11(2)17-7-13-6-14(16)8-18-15(13)19(3)9-12-4-5-20-10-12/h4-6,8,10-11,17H,7,9H2,1-3H3. The van der Waals surface area contributed by atoms with Crippen LogP contribution in [-0.4, -0.2) is 18.1 Å². The van der Waals surface area contributed by atoms with E-state index in [2.05, 4.69) is 24.1 Å². The summed E-state index contributed by atoms with van der Waals surface area (Å²) in [5, 5.41) is 3.29. The zero-order valence-corrected chi connectivity index (χ0v) is 12.1. The van der Waals surface area contributed by atoms with Crippen LogP contribution in [0.2, 0.25) is 0 Å². The summed E-state index contributed by atoms with van der Waals surface area (Å²) in [6.45, 7) is 5.38. The summed E-state index contributed by atoms with van der Waals surface area (Å²) >= 11 is 0. The maximum Gasteiger partial charge on any atom is 0.141 e. The van der Waals surface area contributed by atoms with Crippen molar-refractivity contribution in [2.45, 2.75) is 33.0 Å². The van der Waals surface area contributed by atoms with Crippen LogP contribution in [0.25, 0.3) is 0 Å². The van der Waals surface area contributed by atoms with Gasteiger partial charge >= 0.3 is 0 Å². The number of nitrogens with one attached hydrogen (secondary N) is 1. The highest BCUT2D eigenvalue weighted by Gasteiger charge is 2.12. The lowest BCUT2D eigenvalue weighted by Gasteiger charge is -2.21. The lowest BCUT2D eigenvalue weighted by Crippen LogP contribution is -2.25. The molecule has 2 aromatic rings. The molecule has 0 unspecified atom stereocenters. The molecule has 108 valence electrons. The summed E-state index contributed by atoms with van der Waals surface area (Å²) in [4.78, 5) is 6.20. The Labute approximate surface area is 118 Å². The lowest BCUT2D eigenvalue weighted by molar-refractivity contribution is 0.563. The highest BCUT2D eigenvalue weighted by molar-refractivity contribution is 5.46. The fourth-order valence-electron chi connectivity index (χ4n) is 1.99. The number of hydrogen-bond acceptors (Lipinski definition) is 4. The van der Waals surface area contributed by atoms with Gasteiger partial charge in [-0.25, -0.2) is 9.37 Å². The van der Waals surface area contributed by atoms with Crippen LogP contribution in [0.3, 0.4) is 0 Å². The van der Waals surface area contributed by atoms with Crippen molar-refractivity contribution in [3.63, 3.8) is 0 Å². The van der Waals surface area contributed by atoms with Crippen LogP contribution < -0.4 is 10.2 Å². The van der Waals surface area contributed by atoms with Crippen molar-refractivity contribution in [3.8, 4) is 0 Å². The molecule has 4 nitrogen and oxygen atoms in total. The van der Waals surface area contributed by atoms with Gasteiger partial charge in [-0.3, -0.25) is 0 Å². The Kier molecular flexibility index (Phi) is 4.74. The first kappa shape index (κ1) is 14.5. The molecule has 0 bridgehead atoms. The predicted molar refractivity (Wildman–Crippen MR) is 77.0 cm³/mol. The first-order valence-corrected chi connectivity index (χ1v) is 6.66. The SMILES string of the molecule is CC(C)NCc1cc(F)cnc1N(C)Cc1ccoc1. The number of pyridine rings is 1. The van der Waals surface area contributed by atoms with Gasteiger partial charge in [0, 0.05) is 37.3 Å². The van der Waals surface area contributed by atoms with E-state index in [4.69, 9.17) is 4.42 Å². The summed E-state index contributed by atoms with van der Waals surface area (Å²) in [5.74, 6) is 0.465. The normalized spacial score (nSPS) is 11.1. The molecule has 0 fully saturated rings. The van der Waals surface area contributed by atoms with Crippen LogP contribution in [0.5, 0.6) is 0 Å². The van der Waals surface area contributed by atoms with Crippen molar-refractivity contribution in [3.05, 3.63) is 47.8 Å². The molecular formula is C15H20FN3O. The first-order chi connectivity index (χ1) is 9.56. The molecule has 0 radical (unpaired) electrons. The summed E-state index contributed by atoms with van der Waals surface area (Å²) in [6.07, 6.45) is 4.59. The molecule has 0 saturated heterocycles. The summed E-state index contributed by atoms with van der Waals surface area (Å²) in [7, 11) is 1.94. The smallest absolute Gasteiger partial charge is 0.141 e. The molecule has 1 N–H and O–H groups in total. The van der Waals surface area contributed by atoms with Crippen molar-refractivity contribution in [1.29, 1.82) is 0 Å². The Bertz CT molecular complexity index is 540. The van der Waals surface area contributed by atoms with Crippen LogP contribution in [0.15, 0.2) is 35.3 Å². The predicted octanol–water partition coefficient (Wildman–Crippen LogP) is 2.95. The molecule has 0 aliphatic carbocycles. The third-order valence-corrected chi connectivity index (χ3v) is 2.97. The van der Waals surface area contributed by atoms with Crippen molar-refractivity contribution in [2.24, 2.45) is 0 Å². The van der Waals surface area contributed by atoms with Crippen molar-refractivity contribution < 1.29 is 8.81 Å². The Morgan fingerprint density at radius 2 is 2.25 bits per heavy atom. The van der Waals surface area contributed by atoms with Crippen LogP contribution in [0.4, 0.5) is 10.2 Å². The monoisotopic (exact) mass is 277 g/mol. The maximum absolute atomic E-state index is 13.4. The maximum atomic E-state index is 13.4. The van der Waals surface area contributed by atoms with E-state index in [0.29, 0.717) is 19.1 Å². The molecule has 0 aromatic carbocycles. The van der Waals surface area contributed by atoms with Crippen molar-refractivity contribution in [2.75, 3.05) is 11.9 Å². The number of nitrogens with zero attached hydrogens (tertiary/aromatic N) is 2. The van der Waals surface area contributed by atoms with Gasteiger partial charge in [-0.05, 0) is 12.1 Å². The first-order valence-electron chi connectivity index (χ1n) is 6.66. The van der Waals surface area contributed by atoms with Gasteiger partial charge in [0.2, 0.25) is 0 Å². The minimum absolute atomic E-state index is 0.314. The van der Waals surface area contributed by atoms with Gasteiger partial charge in [-0.2, -0.15) is 0 Å². The molecule has 0 atom stereocenters. The molecule has 0 aliphatic heterocycles. The number of hydrogen-bond donors (Lipinski definition) is 1. The molecule has 2 heterocycles. The number of aromatic nitrogens is 1. The average Bonchev–Trinajstić information content (AvgIpc) is 2.89. The molecular weight excluding hydrogens is 257 g/mol. The Morgan fingerprint density at radius 3 is 2.90 bits per heavy atom. The molecule has 20 heavy (non-hydrogen) atoms. The molecule has 2 aromatic heterocycles. The van der Waals surface area contributed by atoms with Gasteiger partial charge < -0.3 is 14.6 Å². The average molecular weight is 277 g/mol. The van der Waals surface area contributed by atoms with Crippen molar-refractivity contribution in [1.82, 2.24) is 10.3 Å². The van der Waals surface area contributed by atoms with Gasteiger partial charge in [-0.1, -0.05) is 13.8 Å². The van der Waals surface area contributed by atoms with Gasteiger partial charge in [0.1, 0.15) is 11.6 Å². The topological polar surface area (TPSA) is 41.3 Å². The number of halogens is 1. The zero-order chi connectivity index (χ0) is 14.5. The van der Waals surface area contributed by atoms with E-state index in [1.807, 2.05) is 18.0 Å². The molecule has 0 amide bonds. The second kappa shape index (κ2) is 6.52. The molecule has 0 aliphatic rings. The minimum Gasteiger partial charge on any atom is -0.472 e. The van der Waals surface area contributed by atoms with Crippen LogP contribution >= 0.6 is 0 Å². The second-order valence-corrected chi connectivity index (χ2v) is 5.16. The minimum atomic E-state index is -0.314. The van der Waals surface area contributed by atoms with E-state index < -0.39 is 0 Å². The van der Waals surface area contributed by atoms with Gasteiger partial charge in [0.15, 0.2) is 0 Å². The number of anilines is 1. The largest absolute Gasteiger partial charge is 0.472 e. The molecule has 0 spiro atoms. The summed E-state index contributed by atoms with van der Waals surface area (Å²) in [6, 6.07) is 3.78. The van der Waals surface area contributed by atoms with E-state index in [0.717, 1.165) is 16.9 Å². The summed E-state index contributed by atoms with van der Waals surface area (Å²) < 4.78 is 18.4. The Balaban J connectivity index is 2.16. The third-order valence-electron chi connectivity index (χ3n) is 2.97. The number of rotatable bonds is 6. The fraction of sp³-hybridized carbons (Fsp3) is 0.400. The lowest BCUT2D eigenvalue weighted by atomic mass is 10.2. The molecule has 2 rings (SSSR count). The Hall–Kier alpha value is -1.88. The van der Waals surface area contributed by atoms with Crippen LogP contribution in [0, 0.1) is 5.82 Å². The van der Waals surface area contributed by atoms with Gasteiger partial charge in [-0.15, -0.1) is 0 Å². The van der Waals surface area contributed by atoms with Crippen LogP contribution in [-0.2, 0) is 13.1 Å². The molecule has 5 heteroatoms. The zero-order valence-electron chi connectivity index (χ0n) is 12.1. The van der Waals surface area contributed by atoms with Gasteiger partial charge in [0.25, 0.3) is 0 Å². The highest BCUT2D eigenvalue weighted by Crippen LogP contribution is 2.19. The molecule has 0 saturated carbocycles. The van der Waals surface area contributed by atoms with Crippen molar-refractivity contribution >= 4 is 5.82 Å². The second-order valence-electron chi connectivity index (χ2n) is 5.16. The van der Waals surface area contributed by atoms with E-state index in [-0.39, 0.29) is 5.82 Å². The fourth-order valence-corrected chi connectivity index (χ4v) is 1.99. The number of furan rings is 1. The van der Waals surface area contributed by atoms with E-state index >= 15 is 0 Å². The quantitative estimate of drug-likeness (QED) is 0.881. The van der Waals surface area contributed by atoms with E-state index in [1.165, 1.54) is 12.3 Å². The van der Waals surface area contributed by atoms with E-state index in [1.54, 1.807) is 12.5 Å². The third kappa shape index (κ3) is 3.81. The van der Waals surface area contributed by atoms with Gasteiger partial charge in [0.05, 0.1) is 18.7 Å². The Morgan fingerprint density at radius 1 is 1.45 bits per heavy atom. The highest BCUT2D eigenvalue weighted by atomic mass is 19.1. The van der Waals surface area contributed by atoms with Crippen LogP contribution in [0.1, 0.15) is 25.0 Å².